The molecule has 11 nitrogen and oxygen atoms in total. The van der Waals surface area contributed by atoms with Crippen molar-refractivity contribution in [2.75, 3.05) is 11.1 Å². The molecule has 3 heterocycles. The fourth-order valence-electron chi connectivity index (χ4n) is 3.50. The Morgan fingerprint density at radius 3 is 2.69 bits per heavy atom. The number of aromatic amines is 1. The van der Waals surface area contributed by atoms with Crippen LogP contribution in [-0.4, -0.2) is 29.7 Å². The number of nitrogens with zero attached hydrogens (tertiary/aromatic N) is 7. The molecule has 3 aromatic heterocycles. The van der Waals surface area contributed by atoms with Crippen LogP contribution in [0.3, 0.4) is 0 Å². The number of hydrogen-bond donors (Lipinski definition) is 3. The first-order chi connectivity index (χ1) is 15.5. The molecule has 0 radical (unpaired) electrons. The molecule has 0 aliphatic rings. The van der Waals surface area contributed by atoms with Gasteiger partial charge in [-0.2, -0.15) is 20.6 Å². The first kappa shape index (κ1) is 20.5. The van der Waals surface area contributed by atoms with Crippen LogP contribution in [0.15, 0.2) is 35.3 Å². The monoisotopic (exact) mass is 426 g/mol. The van der Waals surface area contributed by atoms with Crippen molar-refractivity contribution >= 4 is 22.7 Å². The molecule has 0 fully saturated rings. The minimum atomic E-state index is -0.559. The molecule has 0 bridgehead atoms. The van der Waals surface area contributed by atoms with Crippen molar-refractivity contribution in [3.05, 3.63) is 63.5 Å². The molecule has 0 saturated heterocycles. The number of fused-ring (bicyclic) bond motifs is 1. The second kappa shape index (κ2) is 8.16. The van der Waals surface area contributed by atoms with Crippen LogP contribution in [0.4, 0.5) is 11.8 Å². The normalized spacial score (nSPS) is 11.6. The Morgan fingerprint density at radius 2 is 2.03 bits per heavy atom. The molecule has 0 aliphatic carbocycles. The number of nitriles is 2. The van der Waals surface area contributed by atoms with Crippen molar-refractivity contribution in [3.63, 3.8) is 0 Å². The van der Waals surface area contributed by atoms with Crippen LogP contribution in [0.1, 0.15) is 42.0 Å². The fourth-order valence-corrected chi connectivity index (χ4v) is 3.50. The average Bonchev–Trinajstić information content (AvgIpc) is 3.31. The van der Waals surface area contributed by atoms with Crippen LogP contribution < -0.4 is 16.6 Å². The number of aromatic nitrogens is 6. The molecule has 0 amide bonds. The Kier molecular flexibility index (Phi) is 5.23. The van der Waals surface area contributed by atoms with Gasteiger partial charge in [0.2, 0.25) is 5.95 Å². The summed E-state index contributed by atoms with van der Waals surface area (Å²) in [6, 6.07) is 10.1. The molecule has 0 saturated carbocycles. The Balaban J connectivity index is 1.98. The lowest BCUT2D eigenvalue weighted by atomic mass is 10.1. The van der Waals surface area contributed by atoms with E-state index in [4.69, 9.17) is 10.7 Å². The molecular formula is C21H18N10O. The van der Waals surface area contributed by atoms with E-state index in [0.717, 1.165) is 0 Å². The standard InChI is InChI=1S/C21H18N10O/c1-3-15(27-18-14(10-23)11(2)26-21(24)29-18)19-28-17-12(9-22)5-4-6-13(17)20(32)31(19)16-7-8-25-30-16/h4-8,15H,3H2,1-2H3,(H,25,30)(H3,24,26,27,29)/t15-/m0/s1. The van der Waals surface area contributed by atoms with Crippen LogP contribution in [0.5, 0.6) is 0 Å². The van der Waals surface area contributed by atoms with Crippen LogP contribution in [0, 0.1) is 29.6 Å². The number of benzene rings is 1. The number of nitrogens with two attached hydrogens (primary N) is 1. The number of para-hydroxylation sites is 1. The largest absolute Gasteiger partial charge is 0.368 e. The summed E-state index contributed by atoms with van der Waals surface area (Å²) < 4.78 is 1.38. The quantitative estimate of drug-likeness (QED) is 0.431. The highest BCUT2D eigenvalue weighted by atomic mass is 16.1. The molecule has 4 N–H and O–H groups in total. The summed E-state index contributed by atoms with van der Waals surface area (Å²) in [5, 5.41) is 29.4. The number of H-pyrrole nitrogens is 1. The third kappa shape index (κ3) is 3.38. The van der Waals surface area contributed by atoms with Crippen molar-refractivity contribution in [1.82, 2.24) is 29.7 Å². The van der Waals surface area contributed by atoms with E-state index < -0.39 is 6.04 Å². The zero-order valence-electron chi connectivity index (χ0n) is 17.3. The van der Waals surface area contributed by atoms with Crippen LogP contribution in [-0.2, 0) is 0 Å². The summed E-state index contributed by atoms with van der Waals surface area (Å²) in [4.78, 5) is 26.4. The Labute approximate surface area is 182 Å². The first-order valence-electron chi connectivity index (χ1n) is 9.75. The molecule has 0 spiro atoms. The number of nitrogen functional groups attached to an aromatic ring is 1. The smallest absolute Gasteiger partial charge is 0.267 e. The summed E-state index contributed by atoms with van der Waals surface area (Å²) >= 11 is 0. The first-order valence-corrected chi connectivity index (χ1v) is 9.75. The highest BCUT2D eigenvalue weighted by Gasteiger charge is 2.24. The fraction of sp³-hybridized carbons (Fsp3) is 0.190. The van der Waals surface area contributed by atoms with Gasteiger partial charge in [-0.25, -0.2) is 14.5 Å². The zero-order chi connectivity index (χ0) is 22.8. The molecule has 1 atom stereocenters. The maximum atomic E-state index is 13.5. The Morgan fingerprint density at radius 1 is 1.22 bits per heavy atom. The van der Waals surface area contributed by atoms with Gasteiger partial charge in [0.1, 0.15) is 29.3 Å². The van der Waals surface area contributed by atoms with Crippen molar-refractivity contribution in [2.24, 2.45) is 0 Å². The van der Waals surface area contributed by atoms with Gasteiger partial charge >= 0.3 is 0 Å². The minimum Gasteiger partial charge on any atom is -0.368 e. The molecule has 158 valence electrons. The van der Waals surface area contributed by atoms with E-state index >= 15 is 0 Å². The third-order valence-electron chi connectivity index (χ3n) is 5.01. The summed E-state index contributed by atoms with van der Waals surface area (Å²) in [5.74, 6) is 0.919. The highest BCUT2D eigenvalue weighted by molar-refractivity contribution is 5.83. The van der Waals surface area contributed by atoms with E-state index in [1.54, 1.807) is 37.4 Å². The van der Waals surface area contributed by atoms with Gasteiger partial charge in [-0.05, 0) is 25.5 Å². The van der Waals surface area contributed by atoms with Gasteiger partial charge in [0.15, 0.2) is 5.82 Å². The van der Waals surface area contributed by atoms with Gasteiger partial charge in [-0.1, -0.05) is 13.0 Å². The van der Waals surface area contributed by atoms with E-state index in [9.17, 15) is 15.3 Å². The number of anilines is 2. The van der Waals surface area contributed by atoms with Crippen molar-refractivity contribution in [1.29, 1.82) is 10.5 Å². The second-order valence-corrected chi connectivity index (χ2v) is 6.96. The van der Waals surface area contributed by atoms with Gasteiger partial charge < -0.3 is 11.1 Å². The third-order valence-corrected chi connectivity index (χ3v) is 5.01. The molecule has 0 unspecified atom stereocenters. The van der Waals surface area contributed by atoms with Crippen LogP contribution in [0.2, 0.25) is 0 Å². The van der Waals surface area contributed by atoms with Gasteiger partial charge in [-0.15, -0.1) is 0 Å². The van der Waals surface area contributed by atoms with Crippen LogP contribution in [0.25, 0.3) is 16.7 Å². The molecule has 0 aliphatic heterocycles. The number of aryl methyl sites for hydroxylation is 1. The second-order valence-electron chi connectivity index (χ2n) is 6.96. The van der Waals surface area contributed by atoms with E-state index in [-0.39, 0.29) is 28.5 Å². The molecule has 11 heteroatoms. The SMILES string of the molecule is CC[C@H](Nc1nc(N)nc(C)c1C#N)c1nc2c(C#N)cccc2c(=O)n1-c1cc[nH]n1. The maximum absolute atomic E-state index is 13.5. The lowest BCUT2D eigenvalue weighted by molar-refractivity contribution is 0.652. The van der Waals surface area contributed by atoms with E-state index in [2.05, 4.69) is 37.6 Å². The zero-order valence-corrected chi connectivity index (χ0v) is 17.3. The van der Waals surface area contributed by atoms with Gasteiger partial charge in [0, 0.05) is 12.3 Å². The van der Waals surface area contributed by atoms with Gasteiger partial charge in [0.25, 0.3) is 5.56 Å². The maximum Gasteiger partial charge on any atom is 0.267 e. The number of nitrogens with one attached hydrogen (secondary N) is 2. The van der Waals surface area contributed by atoms with E-state index in [1.807, 2.05) is 6.92 Å². The molecule has 32 heavy (non-hydrogen) atoms. The minimum absolute atomic E-state index is 0.0155. The van der Waals surface area contributed by atoms with Crippen molar-refractivity contribution < 1.29 is 0 Å². The van der Waals surface area contributed by atoms with Crippen molar-refractivity contribution in [2.45, 2.75) is 26.3 Å². The van der Waals surface area contributed by atoms with E-state index in [1.165, 1.54) is 4.57 Å². The van der Waals surface area contributed by atoms with Gasteiger partial charge in [-0.3, -0.25) is 9.89 Å². The molecular weight excluding hydrogens is 408 g/mol. The topological polar surface area (TPSA) is 175 Å². The summed E-state index contributed by atoms with van der Waals surface area (Å²) in [6.07, 6.45) is 2.07. The lowest BCUT2D eigenvalue weighted by Gasteiger charge is -2.22. The average molecular weight is 426 g/mol. The Bertz CT molecular complexity index is 1460. The highest BCUT2D eigenvalue weighted by Crippen LogP contribution is 2.26. The van der Waals surface area contributed by atoms with Crippen LogP contribution >= 0.6 is 0 Å². The number of hydrogen-bond acceptors (Lipinski definition) is 9. The molecule has 4 rings (SSSR count). The molecule has 1 aromatic carbocycles. The summed E-state index contributed by atoms with van der Waals surface area (Å²) in [6.45, 7) is 3.55. The Hall–Kier alpha value is -4.77. The van der Waals surface area contributed by atoms with Crippen molar-refractivity contribution in [3.8, 4) is 18.0 Å². The predicted molar refractivity (Wildman–Crippen MR) is 117 cm³/mol. The number of rotatable bonds is 5. The van der Waals surface area contributed by atoms with E-state index in [0.29, 0.717) is 34.7 Å². The summed E-state index contributed by atoms with van der Waals surface area (Å²) in [7, 11) is 0. The predicted octanol–water partition coefficient (Wildman–Crippen LogP) is 2.10. The molecule has 4 aromatic rings. The lowest BCUT2D eigenvalue weighted by Crippen LogP contribution is -2.29. The van der Waals surface area contributed by atoms with Gasteiger partial charge in [0.05, 0.1) is 28.2 Å². The summed E-state index contributed by atoms with van der Waals surface area (Å²) in [5.41, 5.74) is 6.67.